The van der Waals surface area contributed by atoms with E-state index in [1.54, 1.807) is 0 Å². The summed E-state index contributed by atoms with van der Waals surface area (Å²) in [6.07, 6.45) is 3.57. The molecule has 20 heavy (non-hydrogen) atoms. The molecule has 4 nitrogen and oxygen atoms in total. The van der Waals surface area contributed by atoms with Crippen molar-refractivity contribution in [3.05, 3.63) is 15.9 Å². The quantitative estimate of drug-likeness (QED) is 0.863. The molecule has 0 aliphatic carbocycles. The molecule has 0 bridgehead atoms. The van der Waals surface area contributed by atoms with Crippen LogP contribution in [0.5, 0.6) is 0 Å². The molecule has 1 aromatic rings. The first-order valence-electron chi connectivity index (χ1n) is 7.57. The van der Waals surface area contributed by atoms with E-state index in [0.717, 1.165) is 36.2 Å². The van der Waals surface area contributed by atoms with Gasteiger partial charge in [0.1, 0.15) is 0 Å². The van der Waals surface area contributed by atoms with Gasteiger partial charge in [0.15, 0.2) is 0 Å². The van der Waals surface area contributed by atoms with Crippen LogP contribution in [-0.2, 0) is 18.2 Å². The second-order valence-corrected chi connectivity index (χ2v) is 6.63. The van der Waals surface area contributed by atoms with Crippen LogP contribution in [0.1, 0.15) is 38.1 Å². The lowest BCUT2D eigenvalue weighted by Gasteiger charge is -2.27. The number of halogens is 1. The number of aryl methyl sites for hydroxylation is 2. The summed E-state index contributed by atoms with van der Waals surface area (Å²) in [5, 5.41) is 8.16. The van der Waals surface area contributed by atoms with Gasteiger partial charge in [0.2, 0.25) is 0 Å². The van der Waals surface area contributed by atoms with Crippen LogP contribution in [0.2, 0.25) is 0 Å². The minimum Gasteiger partial charge on any atom is -0.376 e. The summed E-state index contributed by atoms with van der Waals surface area (Å²) >= 11 is 3.67. The summed E-state index contributed by atoms with van der Waals surface area (Å²) in [4.78, 5) is 0. The minimum atomic E-state index is 0.309. The van der Waals surface area contributed by atoms with Crippen LogP contribution >= 0.6 is 15.9 Å². The number of aromatic nitrogens is 2. The van der Waals surface area contributed by atoms with Crippen LogP contribution in [0, 0.1) is 12.8 Å². The molecule has 3 atom stereocenters. The SMILES string of the molecule is CCCNC(Cc1c(Br)c(C)nn1C)C1OCCC1C. The molecule has 2 rings (SSSR count). The third kappa shape index (κ3) is 3.43. The summed E-state index contributed by atoms with van der Waals surface area (Å²) in [7, 11) is 2.02. The van der Waals surface area contributed by atoms with Crippen LogP contribution in [0.3, 0.4) is 0 Å². The van der Waals surface area contributed by atoms with E-state index in [1.807, 2.05) is 18.7 Å². The highest BCUT2D eigenvalue weighted by Crippen LogP contribution is 2.27. The molecule has 1 aliphatic rings. The number of nitrogens with zero attached hydrogens (tertiary/aromatic N) is 2. The first-order chi connectivity index (χ1) is 9.54. The van der Waals surface area contributed by atoms with Crippen molar-refractivity contribution in [2.24, 2.45) is 13.0 Å². The van der Waals surface area contributed by atoms with Gasteiger partial charge in [-0.25, -0.2) is 0 Å². The first kappa shape index (κ1) is 16.0. The maximum absolute atomic E-state index is 5.98. The average Bonchev–Trinajstić information content (AvgIpc) is 2.93. The third-order valence-corrected chi connectivity index (χ3v) is 5.20. The largest absolute Gasteiger partial charge is 0.376 e. The van der Waals surface area contributed by atoms with Gasteiger partial charge in [0.25, 0.3) is 0 Å². The van der Waals surface area contributed by atoms with Gasteiger partial charge < -0.3 is 10.1 Å². The Labute approximate surface area is 130 Å². The molecule has 1 saturated heterocycles. The standard InChI is InChI=1S/C15H26BrN3O/c1-5-7-17-12(15-10(2)6-8-20-15)9-13-14(16)11(3)18-19(13)4/h10,12,15,17H,5-9H2,1-4H3. The van der Waals surface area contributed by atoms with Crippen molar-refractivity contribution in [1.82, 2.24) is 15.1 Å². The molecule has 0 saturated carbocycles. The van der Waals surface area contributed by atoms with Crippen molar-refractivity contribution < 1.29 is 4.74 Å². The molecule has 1 fully saturated rings. The van der Waals surface area contributed by atoms with E-state index in [1.165, 1.54) is 12.1 Å². The Balaban J connectivity index is 2.14. The highest BCUT2D eigenvalue weighted by Gasteiger charge is 2.32. The molecule has 5 heteroatoms. The molecule has 1 N–H and O–H groups in total. The van der Waals surface area contributed by atoms with Gasteiger partial charge in [-0.15, -0.1) is 0 Å². The van der Waals surface area contributed by atoms with Gasteiger partial charge in [0.05, 0.1) is 22.0 Å². The number of hydrogen-bond donors (Lipinski definition) is 1. The molecule has 0 radical (unpaired) electrons. The molecule has 1 aromatic heterocycles. The molecule has 0 aromatic carbocycles. The lowest BCUT2D eigenvalue weighted by atomic mass is 9.94. The van der Waals surface area contributed by atoms with Gasteiger partial charge >= 0.3 is 0 Å². The second-order valence-electron chi connectivity index (χ2n) is 5.84. The molecule has 0 amide bonds. The molecule has 114 valence electrons. The molecule has 1 aliphatic heterocycles. The van der Waals surface area contributed by atoms with Gasteiger partial charge in [-0.3, -0.25) is 4.68 Å². The smallest absolute Gasteiger partial charge is 0.0758 e. The number of hydrogen-bond acceptors (Lipinski definition) is 3. The Hall–Kier alpha value is -0.390. The maximum atomic E-state index is 5.98. The van der Waals surface area contributed by atoms with Gasteiger partial charge in [0, 0.05) is 26.1 Å². The van der Waals surface area contributed by atoms with E-state index in [9.17, 15) is 0 Å². The summed E-state index contributed by atoms with van der Waals surface area (Å²) in [6.45, 7) is 8.46. The van der Waals surface area contributed by atoms with Crippen molar-refractivity contribution in [3.8, 4) is 0 Å². The third-order valence-electron chi connectivity index (χ3n) is 4.17. The predicted molar refractivity (Wildman–Crippen MR) is 85.0 cm³/mol. The van der Waals surface area contributed by atoms with E-state index in [2.05, 4.69) is 40.2 Å². The highest BCUT2D eigenvalue weighted by molar-refractivity contribution is 9.10. The fourth-order valence-corrected chi connectivity index (χ4v) is 3.47. The summed E-state index contributed by atoms with van der Waals surface area (Å²) in [5.74, 6) is 0.623. The molecule has 2 heterocycles. The lowest BCUT2D eigenvalue weighted by molar-refractivity contribution is 0.0604. The maximum Gasteiger partial charge on any atom is 0.0758 e. The van der Waals surface area contributed by atoms with Crippen LogP contribution in [0.4, 0.5) is 0 Å². The van der Waals surface area contributed by atoms with Crippen molar-refractivity contribution in [1.29, 1.82) is 0 Å². The van der Waals surface area contributed by atoms with E-state index in [0.29, 0.717) is 18.1 Å². The Bertz CT molecular complexity index is 447. The van der Waals surface area contributed by atoms with Gasteiger partial charge in [-0.05, 0) is 48.2 Å². The summed E-state index contributed by atoms with van der Waals surface area (Å²) in [5.41, 5.74) is 2.30. The zero-order chi connectivity index (χ0) is 14.7. The van der Waals surface area contributed by atoms with Crippen molar-refractivity contribution in [2.75, 3.05) is 13.2 Å². The Kier molecular flexibility index (Phi) is 5.64. The zero-order valence-electron chi connectivity index (χ0n) is 12.9. The summed E-state index contributed by atoms with van der Waals surface area (Å²) in [6, 6.07) is 0.360. The average molecular weight is 344 g/mol. The van der Waals surface area contributed by atoms with Gasteiger partial charge in [-0.2, -0.15) is 5.10 Å². The Morgan fingerprint density at radius 3 is 2.80 bits per heavy atom. The molecule has 3 unspecified atom stereocenters. The second kappa shape index (κ2) is 7.05. The fourth-order valence-electron chi connectivity index (χ4n) is 2.98. The van der Waals surface area contributed by atoms with E-state index >= 15 is 0 Å². The number of rotatable bonds is 6. The normalized spacial score (nSPS) is 24.2. The first-order valence-corrected chi connectivity index (χ1v) is 8.36. The van der Waals surface area contributed by atoms with Crippen LogP contribution in [0.25, 0.3) is 0 Å². The van der Waals surface area contributed by atoms with Crippen molar-refractivity contribution in [2.45, 2.75) is 52.2 Å². The zero-order valence-corrected chi connectivity index (χ0v) is 14.5. The predicted octanol–water partition coefficient (Wildman–Crippen LogP) is 2.83. The Morgan fingerprint density at radius 1 is 1.55 bits per heavy atom. The fraction of sp³-hybridized carbons (Fsp3) is 0.800. The molecular weight excluding hydrogens is 318 g/mol. The Morgan fingerprint density at radius 2 is 2.30 bits per heavy atom. The molecular formula is C15H26BrN3O. The highest BCUT2D eigenvalue weighted by atomic mass is 79.9. The topological polar surface area (TPSA) is 39.1 Å². The van der Waals surface area contributed by atoms with E-state index < -0.39 is 0 Å². The minimum absolute atomic E-state index is 0.309. The van der Waals surface area contributed by atoms with E-state index in [-0.39, 0.29) is 0 Å². The molecule has 0 spiro atoms. The number of ether oxygens (including phenoxy) is 1. The summed E-state index contributed by atoms with van der Waals surface area (Å²) < 4.78 is 9.09. The van der Waals surface area contributed by atoms with Crippen LogP contribution < -0.4 is 5.32 Å². The van der Waals surface area contributed by atoms with Crippen LogP contribution in [0.15, 0.2) is 4.47 Å². The lowest BCUT2D eigenvalue weighted by Crippen LogP contribution is -2.44. The van der Waals surface area contributed by atoms with Crippen molar-refractivity contribution >= 4 is 15.9 Å². The van der Waals surface area contributed by atoms with Crippen LogP contribution in [-0.4, -0.2) is 35.1 Å². The van der Waals surface area contributed by atoms with Gasteiger partial charge in [-0.1, -0.05) is 13.8 Å². The van der Waals surface area contributed by atoms with E-state index in [4.69, 9.17) is 4.74 Å². The van der Waals surface area contributed by atoms with Crippen molar-refractivity contribution in [3.63, 3.8) is 0 Å². The monoisotopic (exact) mass is 343 g/mol. The number of nitrogens with one attached hydrogen (secondary N) is 1.